The van der Waals surface area contributed by atoms with Crippen LogP contribution in [-0.4, -0.2) is 12.1 Å². The second-order valence-corrected chi connectivity index (χ2v) is 5.53. The highest BCUT2D eigenvalue weighted by Gasteiger charge is 2.07. The normalized spacial score (nSPS) is 10.6. The molecule has 0 radical (unpaired) electrons. The maximum Gasteiger partial charge on any atom is 0.124 e. The lowest BCUT2D eigenvalue weighted by atomic mass is 10.1. The number of nitrogens with zero attached hydrogens (tertiary/aromatic N) is 1. The van der Waals surface area contributed by atoms with E-state index in [4.69, 9.17) is 15.5 Å². The Kier molecular flexibility index (Phi) is 3.99. The predicted octanol–water partition coefficient (Wildman–Crippen LogP) is 3.94. The number of hydrogen-bond donors (Lipinski definition) is 1. The van der Waals surface area contributed by atoms with Gasteiger partial charge in [0, 0.05) is 23.1 Å². The highest BCUT2D eigenvalue weighted by molar-refractivity contribution is 7.13. The molecule has 4 heteroatoms. The average molecular weight is 296 g/mol. The Balaban J connectivity index is 1.91. The van der Waals surface area contributed by atoms with Crippen LogP contribution < -0.4 is 10.5 Å². The first kappa shape index (κ1) is 13.8. The lowest BCUT2D eigenvalue weighted by molar-refractivity contribution is 0.415. The average Bonchev–Trinajstić information content (AvgIpc) is 3.05. The van der Waals surface area contributed by atoms with Gasteiger partial charge >= 0.3 is 0 Å². The van der Waals surface area contributed by atoms with Gasteiger partial charge in [-0.2, -0.15) is 0 Å². The van der Waals surface area contributed by atoms with Gasteiger partial charge in [-0.1, -0.05) is 18.2 Å². The molecule has 0 bridgehead atoms. The van der Waals surface area contributed by atoms with Gasteiger partial charge in [0.2, 0.25) is 0 Å². The molecule has 3 rings (SSSR count). The van der Waals surface area contributed by atoms with Crippen LogP contribution in [0.3, 0.4) is 0 Å². The van der Waals surface area contributed by atoms with E-state index >= 15 is 0 Å². The molecule has 3 nitrogen and oxygen atoms in total. The SMILES string of the molecule is COc1ccc(-c2nc(-c3cccc(CN)c3)cs2)cc1. The van der Waals surface area contributed by atoms with Crippen molar-refractivity contribution >= 4 is 11.3 Å². The second kappa shape index (κ2) is 6.08. The molecule has 0 saturated heterocycles. The first-order valence-electron chi connectivity index (χ1n) is 6.69. The highest BCUT2D eigenvalue weighted by atomic mass is 32.1. The fraction of sp³-hybridized carbons (Fsp3) is 0.118. The Morgan fingerprint density at radius 1 is 1.10 bits per heavy atom. The molecule has 2 aromatic carbocycles. The van der Waals surface area contributed by atoms with Gasteiger partial charge < -0.3 is 10.5 Å². The maximum atomic E-state index is 5.69. The van der Waals surface area contributed by atoms with Crippen LogP contribution in [0.15, 0.2) is 53.9 Å². The molecule has 0 aliphatic heterocycles. The smallest absolute Gasteiger partial charge is 0.124 e. The number of benzene rings is 2. The summed E-state index contributed by atoms with van der Waals surface area (Å²) in [6, 6.07) is 16.1. The third-order valence-corrected chi connectivity index (χ3v) is 4.19. The van der Waals surface area contributed by atoms with Crippen LogP contribution in [-0.2, 0) is 6.54 Å². The molecule has 0 fully saturated rings. The van der Waals surface area contributed by atoms with Gasteiger partial charge in [-0.25, -0.2) is 4.98 Å². The summed E-state index contributed by atoms with van der Waals surface area (Å²) in [6.07, 6.45) is 0. The van der Waals surface area contributed by atoms with Crippen molar-refractivity contribution in [1.29, 1.82) is 0 Å². The summed E-state index contributed by atoms with van der Waals surface area (Å²) in [5, 5.41) is 3.08. The number of methoxy groups -OCH3 is 1. The van der Waals surface area contributed by atoms with Crippen LogP contribution in [0.1, 0.15) is 5.56 Å². The Morgan fingerprint density at radius 2 is 1.90 bits per heavy atom. The molecular weight excluding hydrogens is 280 g/mol. The van der Waals surface area contributed by atoms with Crippen molar-refractivity contribution in [3.05, 3.63) is 59.5 Å². The summed E-state index contributed by atoms with van der Waals surface area (Å²) in [5.74, 6) is 0.853. The number of rotatable bonds is 4. The number of aromatic nitrogens is 1. The number of hydrogen-bond acceptors (Lipinski definition) is 4. The van der Waals surface area contributed by atoms with E-state index in [9.17, 15) is 0 Å². The molecule has 106 valence electrons. The van der Waals surface area contributed by atoms with Gasteiger partial charge in [-0.15, -0.1) is 11.3 Å². The van der Waals surface area contributed by atoms with E-state index in [0.29, 0.717) is 6.54 Å². The second-order valence-electron chi connectivity index (χ2n) is 4.67. The minimum absolute atomic E-state index is 0.545. The summed E-state index contributed by atoms with van der Waals surface area (Å²) in [4.78, 5) is 4.72. The molecule has 21 heavy (non-hydrogen) atoms. The molecule has 0 aliphatic carbocycles. The molecule has 1 heterocycles. The lowest BCUT2D eigenvalue weighted by Gasteiger charge is -2.01. The predicted molar refractivity (Wildman–Crippen MR) is 87.4 cm³/mol. The minimum Gasteiger partial charge on any atom is -0.497 e. The molecule has 0 amide bonds. The van der Waals surface area contributed by atoms with Crippen molar-refractivity contribution in [2.45, 2.75) is 6.54 Å². The largest absolute Gasteiger partial charge is 0.497 e. The number of thiazole rings is 1. The van der Waals surface area contributed by atoms with Crippen LogP contribution in [0.25, 0.3) is 21.8 Å². The van der Waals surface area contributed by atoms with Crippen molar-refractivity contribution in [3.8, 4) is 27.6 Å². The summed E-state index contributed by atoms with van der Waals surface area (Å²) < 4.78 is 5.18. The van der Waals surface area contributed by atoms with Crippen LogP contribution in [0, 0.1) is 0 Å². The molecule has 0 spiro atoms. The Labute approximate surface area is 128 Å². The fourth-order valence-electron chi connectivity index (χ4n) is 2.13. The molecular formula is C17H16N2OS. The zero-order valence-corrected chi connectivity index (χ0v) is 12.6. The zero-order valence-electron chi connectivity index (χ0n) is 11.7. The van der Waals surface area contributed by atoms with E-state index in [1.165, 1.54) is 0 Å². The third-order valence-electron chi connectivity index (χ3n) is 3.30. The first-order valence-corrected chi connectivity index (χ1v) is 7.57. The molecule has 2 N–H and O–H groups in total. The Hall–Kier alpha value is -2.17. The maximum absolute atomic E-state index is 5.69. The third kappa shape index (κ3) is 2.96. The molecule has 1 aromatic heterocycles. The van der Waals surface area contributed by atoms with Gasteiger partial charge in [0.15, 0.2) is 0 Å². The van der Waals surface area contributed by atoms with Gasteiger partial charge in [-0.05, 0) is 35.9 Å². The van der Waals surface area contributed by atoms with E-state index in [1.807, 2.05) is 36.4 Å². The van der Waals surface area contributed by atoms with Crippen molar-refractivity contribution < 1.29 is 4.74 Å². The zero-order chi connectivity index (χ0) is 14.7. The Bertz CT molecular complexity index is 735. The lowest BCUT2D eigenvalue weighted by Crippen LogP contribution is -1.95. The van der Waals surface area contributed by atoms with Crippen LogP contribution in [0.5, 0.6) is 5.75 Å². The summed E-state index contributed by atoms with van der Waals surface area (Å²) in [6.45, 7) is 0.545. The van der Waals surface area contributed by atoms with Gasteiger partial charge in [0.05, 0.1) is 12.8 Å². The van der Waals surface area contributed by atoms with Crippen LogP contribution in [0.4, 0.5) is 0 Å². The molecule has 0 unspecified atom stereocenters. The number of ether oxygens (including phenoxy) is 1. The topological polar surface area (TPSA) is 48.1 Å². The summed E-state index contributed by atoms with van der Waals surface area (Å²) >= 11 is 1.64. The van der Waals surface area contributed by atoms with Gasteiger partial charge in [0.1, 0.15) is 10.8 Å². The monoisotopic (exact) mass is 296 g/mol. The van der Waals surface area contributed by atoms with Crippen LogP contribution in [0.2, 0.25) is 0 Å². The fourth-order valence-corrected chi connectivity index (χ4v) is 2.97. The van der Waals surface area contributed by atoms with E-state index in [-0.39, 0.29) is 0 Å². The summed E-state index contributed by atoms with van der Waals surface area (Å²) in [5.41, 5.74) is 10.00. The van der Waals surface area contributed by atoms with Gasteiger partial charge in [-0.3, -0.25) is 0 Å². The Morgan fingerprint density at radius 3 is 2.62 bits per heavy atom. The van der Waals surface area contributed by atoms with Crippen molar-refractivity contribution in [3.63, 3.8) is 0 Å². The number of nitrogens with two attached hydrogens (primary N) is 1. The van der Waals surface area contributed by atoms with Crippen molar-refractivity contribution in [1.82, 2.24) is 4.98 Å². The van der Waals surface area contributed by atoms with E-state index in [0.717, 1.165) is 33.1 Å². The first-order chi connectivity index (χ1) is 10.3. The van der Waals surface area contributed by atoms with E-state index in [2.05, 4.69) is 17.5 Å². The summed E-state index contributed by atoms with van der Waals surface area (Å²) in [7, 11) is 1.67. The molecule has 0 atom stereocenters. The van der Waals surface area contributed by atoms with Crippen LogP contribution >= 0.6 is 11.3 Å². The highest BCUT2D eigenvalue weighted by Crippen LogP contribution is 2.30. The van der Waals surface area contributed by atoms with E-state index < -0.39 is 0 Å². The molecule has 0 saturated carbocycles. The van der Waals surface area contributed by atoms with Crippen molar-refractivity contribution in [2.75, 3.05) is 7.11 Å². The standard InChI is InChI=1S/C17H16N2OS/c1-20-15-7-5-13(6-8-15)17-19-16(11-21-17)14-4-2-3-12(9-14)10-18/h2-9,11H,10,18H2,1H3. The van der Waals surface area contributed by atoms with Gasteiger partial charge in [0.25, 0.3) is 0 Å². The molecule has 0 aliphatic rings. The van der Waals surface area contributed by atoms with E-state index in [1.54, 1.807) is 18.4 Å². The minimum atomic E-state index is 0.545. The quantitative estimate of drug-likeness (QED) is 0.793. The molecule has 3 aromatic rings. The van der Waals surface area contributed by atoms with Crippen molar-refractivity contribution in [2.24, 2.45) is 5.73 Å².